The number of amides is 1. The van der Waals surface area contributed by atoms with E-state index in [0.717, 1.165) is 0 Å². The van der Waals surface area contributed by atoms with Crippen molar-refractivity contribution in [1.29, 1.82) is 0 Å². The highest BCUT2D eigenvalue weighted by Gasteiger charge is 2.19. The van der Waals surface area contributed by atoms with Crippen LogP contribution in [-0.4, -0.2) is 36.7 Å². The van der Waals surface area contributed by atoms with Crippen molar-refractivity contribution in [2.24, 2.45) is 10.9 Å². The number of nitrogens with two attached hydrogens (primary N) is 1. The minimum atomic E-state index is -0.284. The number of nitrogens with one attached hydrogen (secondary N) is 1. The fourth-order valence-electron chi connectivity index (χ4n) is 1.70. The largest absolute Gasteiger partial charge is 0.486 e. The van der Waals surface area contributed by atoms with Crippen molar-refractivity contribution in [3.05, 3.63) is 23.8 Å². The highest BCUT2D eigenvalue weighted by Crippen LogP contribution is 2.33. The van der Waals surface area contributed by atoms with Gasteiger partial charge in [-0.05, 0) is 12.1 Å². The van der Waals surface area contributed by atoms with E-state index in [1.165, 1.54) is 0 Å². The van der Waals surface area contributed by atoms with Gasteiger partial charge in [0, 0.05) is 13.0 Å². The van der Waals surface area contributed by atoms with E-state index in [1.54, 1.807) is 18.2 Å². The first-order valence-corrected chi connectivity index (χ1v) is 5.85. The molecule has 102 valence electrons. The van der Waals surface area contributed by atoms with Crippen LogP contribution in [0.3, 0.4) is 0 Å². The van der Waals surface area contributed by atoms with Crippen LogP contribution in [0, 0.1) is 0 Å². The Hall–Kier alpha value is -2.44. The number of carbonyl (C=O) groups is 1. The zero-order chi connectivity index (χ0) is 13.7. The summed E-state index contributed by atoms with van der Waals surface area (Å²) in [6, 6.07) is 5.14. The molecule has 0 fully saturated rings. The molecule has 1 amide bonds. The normalized spacial score (nSPS) is 14.0. The summed E-state index contributed by atoms with van der Waals surface area (Å²) in [5.41, 5.74) is 5.73. The lowest BCUT2D eigenvalue weighted by molar-refractivity contribution is 0.0943. The van der Waals surface area contributed by atoms with E-state index in [-0.39, 0.29) is 24.7 Å². The number of rotatable bonds is 4. The SMILES string of the molecule is NC(CCNC(=O)c1cccc2c1OCCO2)=NO. The molecule has 1 aromatic rings. The number of para-hydroxylation sites is 1. The van der Waals surface area contributed by atoms with Gasteiger partial charge in [0.25, 0.3) is 5.91 Å². The number of hydrogen-bond donors (Lipinski definition) is 3. The summed E-state index contributed by atoms with van der Waals surface area (Å²) in [6.07, 6.45) is 0.272. The molecule has 0 saturated heterocycles. The van der Waals surface area contributed by atoms with Gasteiger partial charge < -0.3 is 25.7 Å². The molecule has 1 aliphatic heterocycles. The fraction of sp³-hybridized carbons (Fsp3) is 0.333. The van der Waals surface area contributed by atoms with Gasteiger partial charge in [0.2, 0.25) is 0 Å². The van der Waals surface area contributed by atoms with Crippen molar-refractivity contribution >= 4 is 11.7 Å². The first-order chi connectivity index (χ1) is 9.22. The lowest BCUT2D eigenvalue weighted by Gasteiger charge is -2.20. The average Bonchev–Trinajstić information content (AvgIpc) is 2.46. The molecule has 0 aliphatic carbocycles. The first-order valence-electron chi connectivity index (χ1n) is 5.85. The zero-order valence-corrected chi connectivity index (χ0v) is 10.3. The average molecular weight is 265 g/mol. The maximum atomic E-state index is 12.0. The summed E-state index contributed by atoms with van der Waals surface area (Å²) >= 11 is 0. The summed E-state index contributed by atoms with van der Waals surface area (Å²) in [7, 11) is 0. The van der Waals surface area contributed by atoms with Crippen LogP contribution in [-0.2, 0) is 0 Å². The molecule has 7 nitrogen and oxygen atoms in total. The van der Waals surface area contributed by atoms with E-state index in [1.807, 2.05) is 0 Å². The summed E-state index contributed by atoms with van der Waals surface area (Å²) in [5, 5.41) is 13.9. The number of carbonyl (C=O) groups excluding carboxylic acids is 1. The van der Waals surface area contributed by atoms with Gasteiger partial charge in [0.15, 0.2) is 11.5 Å². The van der Waals surface area contributed by atoms with E-state index in [9.17, 15) is 4.79 Å². The van der Waals surface area contributed by atoms with Crippen molar-refractivity contribution in [2.75, 3.05) is 19.8 Å². The Morgan fingerprint density at radius 2 is 2.21 bits per heavy atom. The maximum Gasteiger partial charge on any atom is 0.255 e. The second kappa shape index (κ2) is 5.94. The summed E-state index contributed by atoms with van der Waals surface area (Å²) in [4.78, 5) is 12.0. The maximum absolute atomic E-state index is 12.0. The van der Waals surface area contributed by atoms with Gasteiger partial charge in [0.1, 0.15) is 19.0 Å². The van der Waals surface area contributed by atoms with Crippen LogP contribution in [0.15, 0.2) is 23.4 Å². The molecule has 0 saturated carbocycles. The van der Waals surface area contributed by atoms with Gasteiger partial charge >= 0.3 is 0 Å². The van der Waals surface area contributed by atoms with Crippen LogP contribution in [0.25, 0.3) is 0 Å². The van der Waals surface area contributed by atoms with E-state index in [2.05, 4.69) is 10.5 Å². The number of fused-ring (bicyclic) bond motifs is 1. The lowest BCUT2D eigenvalue weighted by Crippen LogP contribution is -2.29. The Balaban J connectivity index is 2.03. The monoisotopic (exact) mass is 265 g/mol. The Morgan fingerprint density at radius 1 is 1.42 bits per heavy atom. The second-order valence-electron chi connectivity index (χ2n) is 3.93. The van der Waals surface area contributed by atoms with E-state index < -0.39 is 0 Å². The number of ether oxygens (including phenoxy) is 2. The van der Waals surface area contributed by atoms with Crippen LogP contribution >= 0.6 is 0 Å². The molecule has 0 atom stereocenters. The van der Waals surface area contributed by atoms with Gasteiger partial charge in [-0.25, -0.2) is 0 Å². The van der Waals surface area contributed by atoms with Gasteiger partial charge in [-0.15, -0.1) is 0 Å². The van der Waals surface area contributed by atoms with Gasteiger partial charge in [-0.1, -0.05) is 11.2 Å². The van der Waals surface area contributed by atoms with Crippen LogP contribution in [0.4, 0.5) is 0 Å². The molecule has 0 radical (unpaired) electrons. The fourth-order valence-corrected chi connectivity index (χ4v) is 1.70. The number of amidine groups is 1. The number of benzene rings is 1. The van der Waals surface area contributed by atoms with Gasteiger partial charge in [-0.3, -0.25) is 4.79 Å². The highest BCUT2D eigenvalue weighted by atomic mass is 16.6. The predicted molar refractivity (Wildman–Crippen MR) is 67.8 cm³/mol. The summed E-state index contributed by atoms with van der Waals surface area (Å²) < 4.78 is 10.8. The standard InChI is InChI=1S/C12H15N3O4/c13-10(15-17)4-5-14-12(16)8-2-1-3-9-11(8)19-7-6-18-9/h1-3,17H,4-7H2,(H2,13,15)(H,14,16). The Bertz CT molecular complexity index is 502. The molecular formula is C12H15N3O4. The molecule has 1 heterocycles. The molecule has 4 N–H and O–H groups in total. The quantitative estimate of drug-likeness (QED) is 0.315. The molecule has 7 heteroatoms. The minimum Gasteiger partial charge on any atom is -0.486 e. The number of nitrogens with zero attached hydrogens (tertiary/aromatic N) is 1. The molecule has 2 rings (SSSR count). The predicted octanol–water partition coefficient (Wildman–Crippen LogP) is 0.324. The number of oxime groups is 1. The third-order valence-electron chi connectivity index (χ3n) is 2.61. The van der Waals surface area contributed by atoms with Crippen LogP contribution in [0.1, 0.15) is 16.8 Å². The topological polar surface area (TPSA) is 106 Å². The lowest BCUT2D eigenvalue weighted by atomic mass is 10.1. The molecule has 0 aromatic heterocycles. The van der Waals surface area contributed by atoms with Crippen molar-refractivity contribution < 1.29 is 19.5 Å². The van der Waals surface area contributed by atoms with Crippen LogP contribution in [0.2, 0.25) is 0 Å². The van der Waals surface area contributed by atoms with E-state index in [0.29, 0.717) is 30.3 Å². The third-order valence-corrected chi connectivity index (χ3v) is 2.61. The summed E-state index contributed by atoms with van der Waals surface area (Å²) in [6.45, 7) is 1.17. The van der Waals surface area contributed by atoms with Gasteiger partial charge in [0.05, 0.1) is 5.56 Å². The minimum absolute atomic E-state index is 0.0648. The van der Waals surface area contributed by atoms with E-state index >= 15 is 0 Å². The molecule has 0 bridgehead atoms. The molecule has 19 heavy (non-hydrogen) atoms. The molecular weight excluding hydrogens is 250 g/mol. The van der Waals surface area contributed by atoms with Gasteiger partial charge in [-0.2, -0.15) is 0 Å². The van der Waals surface area contributed by atoms with Crippen molar-refractivity contribution in [2.45, 2.75) is 6.42 Å². The second-order valence-corrected chi connectivity index (χ2v) is 3.93. The van der Waals surface area contributed by atoms with Crippen molar-refractivity contribution in [3.63, 3.8) is 0 Å². The Labute approximate surface area is 110 Å². The van der Waals surface area contributed by atoms with Crippen LogP contribution < -0.4 is 20.5 Å². The van der Waals surface area contributed by atoms with E-state index in [4.69, 9.17) is 20.4 Å². The third kappa shape index (κ3) is 3.06. The zero-order valence-electron chi connectivity index (χ0n) is 10.3. The smallest absolute Gasteiger partial charge is 0.255 e. The molecule has 1 aliphatic rings. The van der Waals surface area contributed by atoms with Crippen LogP contribution in [0.5, 0.6) is 11.5 Å². The molecule has 0 spiro atoms. The summed E-state index contributed by atoms with van der Waals surface area (Å²) in [5.74, 6) is 0.799. The van der Waals surface area contributed by atoms with Crippen molar-refractivity contribution in [3.8, 4) is 11.5 Å². The Morgan fingerprint density at radius 3 is 3.00 bits per heavy atom. The molecule has 1 aromatic carbocycles. The Kier molecular flexibility index (Phi) is 4.07. The molecule has 0 unspecified atom stereocenters. The van der Waals surface area contributed by atoms with Crippen molar-refractivity contribution in [1.82, 2.24) is 5.32 Å². The highest BCUT2D eigenvalue weighted by molar-refractivity contribution is 5.98. The number of hydrogen-bond acceptors (Lipinski definition) is 5. The first kappa shape index (κ1) is 13.0.